The summed E-state index contributed by atoms with van der Waals surface area (Å²) in [6.07, 6.45) is -20.5. The van der Waals surface area contributed by atoms with E-state index in [1.807, 2.05) is 0 Å². The van der Waals surface area contributed by atoms with Crippen LogP contribution in [-0.2, 0) is 24.7 Å². The van der Waals surface area contributed by atoms with Crippen LogP contribution in [0.5, 0.6) is 0 Å². The molecule has 196 valence electrons. The third-order valence-electron chi connectivity index (χ3n) is 5.44. The fourth-order valence-corrected chi connectivity index (χ4v) is 3.97. The first-order valence-corrected chi connectivity index (χ1v) is 9.69. The van der Waals surface area contributed by atoms with Gasteiger partial charge in [-0.3, -0.25) is 0 Å². The maximum Gasteiger partial charge on any atom is 0.416 e. The second-order valence-electron chi connectivity index (χ2n) is 7.86. The summed E-state index contributed by atoms with van der Waals surface area (Å²) in [5, 5.41) is 2.76. The van der Waals surface area contributed by atoms with E-state index in [1.54, 1.807) is 0 Å². The van der Waals surface area contributed by atoms with Crippen molar-refractivity contribution in [3.05, 3.63) is 69.8 Å². The molecule has 1 unspecified atom stereocenters. The molecule has 2 aromatic rings. The van der Waals surface area contributed by atoms with Crippen LogP contribution in [0, 0.1) is 0 Å². The maximum absolute atomic E-state index is 13.3. The minimum absolute atomic E-state index is 0. The molecule has 0 aromatic heterocycles. The molecular formula is C21H16ClF12N. The van der Waals surface area contributed by atoms with Gasteiger partial charge in [0.05, 0.1) is 22.3 Å². The first kappa shape index (κ1) is 29.1. The van der Waals surface area contributed by atoms with Crippen molar-refractivity contribution < 1.29 is 52.7 Å². The lowest BCUT2D eigenvalue weighted by atomic mass is 9.81. The minimum Gasteiger partial charge on any atom is -0.313 e. The van der Waals surface area contributed by atoms with E-state index in [9.17, 15) is 52.7 Å². The van der Waals surface area contributed by atoms with Crippen molar-refractivity contribution in [3.63, 3.8) is 0 Å². The Bertz CT molecular complexity index is 891. The van der Waals surface area contributed by atoms with E-state index in [2.05, 4.69) is 5.32 Å². The fraction of sp³-hybridized carbons (Fsp3) is 0.429. The van der Waals surface area contributed by atoms with Crippen LogP contribution in [0.1, 0.15) is 52.1 Å². The van der Waals surface area contributed by atoms with Crippen LogP contribution in [0.3, 0.4) is 0 Å². The van der Waals surface area contributed by atoms with Gasteiger partial charge in [0.25, 0.3) is 0 Å². The maximum atomic E-state index is 13.3. The van der Waals surface area contributed by atoms with Crippen molar-refractivity contribution in [3.8, 4) is 0 Å². The van der Waals surface area contributed by atoms with Crippen LogP contribution in [0.15, 0.2) is 36.4 Å². The Morgan fingerprint density at radius 3 is 1.11 bits per heavy atom. The zero-order valence-corrected chi connectivity index (χ0v) is 18.0. The second-order valence-corrected chi connectivity index (χ2v) is 7.86. The standard InChI is InChI=1S/C21H15F12N.ClH/c22-18(23,24)12-4-10(5-13(8-12)19(25,26)27)17(16-2-1-3-34-16)11-6-14(20(28,29)30)9-15(7-11)21(31,32)33;/h4-9,16-17,34H,1-3H2;1H. The third-order valence-corrected chi connectivity index (χ3v) is 5.44. The summed E-state index contributed by atoms with van der Waals surface area (Å²) in [5.41, 5.74) is -8.28. The smallest absolute Gasteiger partial charge is 0.313 e. The number of alkyl halides is 12. The Morgan fingerprint density at radius 2 is 0.886 bits per heavy atom. The van der Waals surface area contributed by atoms with E-state index in [0.29, 0.717) is 30.7 Å². The highest BCUT2D eigenvalue weighted by molar-refractivity contribution is 5.85. The van der Waals surface area contributed by atoms with Gasteiger partial charge in [0.2, 0.25) is 0 Å². The molecular weight excluding hydrogens is 530 g/mol. The van der Waals surface area contributed by atoms with Crippen molar-refractivity contribution >= 4 is 12.4 Å². The molecule has 35 heavy (non-hydrogen) atoms. The zero-order chi connectivity index (χ0) is 25.7. The average molecular weight is 546 g/mol. The molecule has 3 rings (SSSR count). The van der Waals surface area contributed by atoms with Crippen LogP contribution in [0.2, 0.25) is 0 Å². The van der Waals surface area contributed by atoms with Crippen LogP contribution < -0.4 is 5.32 Å². The molecule has 1 fully saturated rings. The van der Waals surface area contributed by atoms with Gasteiger partial charge in [-0.15, -0.1) is 12.4 Å². The van der Waals surface area contributed by atoms with Crippen molar-refractivity contribution in [1.82, 2.24) is 5.32 Å². The fourth-order valence-electron chi connectivity index (χ4n) is 3.97. The van der Waals surface area contributed by atoms with Crippen molar-refractivity contribution in [1.29, 1.82) is 0 Å². The Morgan fingerprint density at radius 1 is 0.571 bits per heavy atom. The highest BCUT2D eigenvalue weighted by Crippen LogP contribution is 2.43. The lowest BCUT2D eigenvalue weighted by Crippen LogP contribution is -2.30. The quantitative estimate of drug-likeness (QED) is 0.385. The van der Waals surface area contributed by atoms with Gasteiger partial charge in [0, 0.05) is 12.0 Å². The average Bonchev–Trinajstić information content (AvgIpc) is 3.19. The molecule has 0 amide bonds. The predicted molar refractivity (Wildman–Crippen MR) is 103 cm³/mol. The predicted octanol–water partition coefficient (Wildman–Crippen LogP) is 8.07. The summed E-state index contributed by atoms with van der Waals surface area (Å²) in [7, 11) is 0. The van der Waals surface area contributed by atoms with Crippen molar-refractivity contribution in [2.45, 2.75) is 49.5 Å². The second kappa shape index (κ2) is 9.72. The van der Waals surface area contributed by atoms with E-state index in [-0.39, 0.29) is 37.5 Å². The topological polar surface area (TPSA) is 12.0 Å². The Labute approximate surface area is 196 Å². The number of hydrogen-bond acceptors (Lipinski definition) is 1. The molecule has 0 aliphatic carbocycles. The molecule has 1 aliphatic heterocycles. The first-order chi connectivity index (χ1) is 15.4. The van der Waals surface area contributed by atoms with E-state index >= 15 is 0 Å². The van der Waals surface area contributed by atoms with Gasteiger partial charge in [0.15, 0.2) is 0 Å². The molecule has 1 N–H and O–H groups in total. The number of nitrogens with one attached hydrogen (secondary N) is 1. The summed E-state index contributed by atoms with van der Waals surface area (Å²) in [6, 6.07) is 0.00206. The number of halogens is 13. The largest absolute Gasteiger partial charge is 0.416 e. The van der Waals surface area contributed by atoms with E-state index in [4.69, 9.17) is 0 Å². The third kappa shape index (κ3) is 6.75. The van der Waals surface area contributed by atoms with E-state index in [0.717, 1.165) is 0 Å². The molecule has 14 heteroatoms. The van der Waals surface area contributed by atoms with Crippen LogP contribution in [-0.4, -0.2) is 12.6 Å². The normalized spacial score (nSPS) is 17.6. The molecule has 0 radical (unpaired) electrons. The summed E-state index contributed by atoms with van der Waals surface area (Å²) >= 11 is 0. The van der Waals surface area contributed by atoms with Gasteiger partial charge >= 0.3 is 24.7 Å². The number of hydrogen-bond donors (Lipinski definition) is 1. The molecule has 1 heterocycles. The minimum atomic E-state index is -5.24. The Kier molecular flexibility index (Phi) is 8.07. The Balaban J connectivity index is 0.00000432. The molecule has 0 saturated carbocycles. The van der Waals surface area contributed by atoms with Gasteiger partial charge in [-0.05, 0) is 66.9 Å². The monoisotopic (exact) mass is 545 g/mol. The van der Waals surface area contributed by atoms with Crippen molar-refractivity contribution in [2.75, 3.05) is 6.54 Å². The van der Waals surface area contributed by atoms with Crippen LogP contribution in [0.4, 0.5) is 52.7 Å². The highest BCUT2D eigenvalue weighted by atomic mass is 35.5. The molecule has 2 aromatic carbocycles. The van der Waals surface area contributed by atoms with E-state index < -0.39 is 70.0 Å². The summed E-state index contributed by atoms with van der Waals surface area (Å²) in [6.45, 7) is 0.233. The summed E-state index contributed by atoms with van der Waals surface area (Å²) in [5.74, 6) is -1.64. The van der Waals surface area contributed by atoms with Gasteiger partial charge in [0.1, 0.15) is 0 Å². The molecule has 1 saturated heterocycles. The number of rotatable bonds is 3. The van der Waals surface area contributed by atoms with Crippen molar-refractivity contribution in [2.24, 2.45) is 0 Å². The van der Waals surface area contributed by atoms with Gasteiger partial charge in [-0.2, -0.15) is 52.7 Å². The van der Waals surface area contributed by atoms with Crippen LogP contribution >= 0.6 is 12.4 Å². The molecule has 0 bridgehead atoms. The molecule has 1 atom stereocenters. The highest BCUT2D eigenvalue weighted by Gasteiger charge is 2.41. The Hall–Kier alpha value is -2.15. The first-order valence-electron chi connectivity index (χ1n) is 9.69. The van der Waals surface area contributed by atoms with E-state index in [1.165, 1.54) is 0 Å². The molecule has 1 aliphatic rings. The zero-order valence-electron chi connectivity index (χ0n) is 17.2. The van der Waals surface area contributed by atoms with Crippen LogP contribution in [0.25, 0.3) is 0 Å². The summed E-state index contributed by atoms with van der Waals surface area (Å²) < 4.78 is 160. The SMILES string of the molecule is Cl.FC(F)(F)c1cc(C(c2cc(C(F)(F)F)cc(C(F)(F)F)c2)C2CCCN2)cc(C(F)(F)F)c1. The number of benzene rings is 2. The lowest BCUT2D eigenvalue weighted by molar-refractivity contribution is -0.144. The summed E-state index contributed by atoms with van der Waals surface area (Å²) in [4.78, 5) is 0. The molecule has 0 spiro atoms. The molecule has 1 nitrogen and oxygen atoms in total. The lowest BCUT2D eigenvalue weighted by Gasteiger charge is -2.28. The van der Waals surface area contributed by atoms with Gasteiger partial charge < -0.3 is 5.32 Å². The van der Waals surface area contributed by atoms with Gasteiger partial charge in [-0.25, -0.2) is 0 Å². The van der Waals surface area contributed by atoms with Gasteiger partial charge in [-0.1, -0.05) is 0 Å².